The molecule has 0 aliphatic carbocycles. The average molecular weight is 241 g/mol. The fourth-order valence-electron chi connectivity index (χ4n) is 1.79. The first-order valence-electron chi connectivity index (χ1n) is 6.01. The number of anilines is 1. The Morgan fingerprint density at radius 3 is 2.69 bits per heavy atom. The van der Waals surface area contributed by atoms with Gasteiger partial charge in [-0.25, -0.2) is 4.98 Å². The maximum Gasteiger partial charge on any atom is 0.185 e. The Morgan fingerprint density at radius 2 is 2.12 bits per heavy atom. The zero-order valence-corrected chi connectivity index (χ0v) is 11.8. The molecule has 1 heterocycles. The summed E-state index contributed by atoms with van der Waals surface area (Å²) in [7, 11) is 2.11. The predicted octanol–water partition coefficient (Wildman–Crippen LogP) is 2.97. The van der Waals surface area contributed by atoms with Crippen molar-refractivity contribution in [3.05, 3.63) is 10.6 Å². The minimum Gasteiger partial charge on any atom is -0.351 e. The van der Waals surface area contributed by atoms with Crippen molar-refractivity contribution in [1.82, 2.24) is 10.3 Å². The Bertz CT molecular complexity index is 322. The van der Waals surface area contributed by atoms with E-state index in [0.29, 0.717) is 6.04 Å². The molecule has 4 heteroatoms. The van der Waals surface area contributed by atoms with Crippen molar-refractivity contribution < 1.29 is 0 Å². The molecule has 1 atom stereocenters. The van der Waals surface area contributed by atoms with Crippen molar-refractivity contribution in [1.29, 1.82) is 0 Å². The van der Waals surface area contributed by atoms with E-state index in [1.807, 2.05) is 11.3 Å². The molecule has 0 spiro atoms. The summed E-state index contributed by atoms with van der Waals surface area (Å²) in [6.07, 6.45) is 1.16. The zero-order chi connectivity index (χ0) is 12.1. The normalized spacial score (nSPS) is 12.8. The predicted molar refractivity (Wildman–Crippen MR) is 72.5 cm³/mol. The van der Waals surface area contributed by atoms with E-state index in [-0.39, 0.29) is 0 Å². The fraction of sp³-hybridized carbons (Fsp3) is 0.750. The van der Waals surface area contributed by atoms with Crippen LogP contribution in [0.2, 0.25) is 0 Å². The van der Waals surface area contributed by atoms with Gasteiger partial charge in [-0.05, 0) is 26.8 Å². The molecule has 0 saturated carbocycles. The van der Waals surface area contributed by atoms with Gasteiger partial charge in [-0.3, -0.25) is 0 Å². The smallest absolute Gasteiger partial charge is 0.185 e. The van der Waals surface area contributed by atoms with Gasteiger partial charge in [0.05, 0.1) is 5.69 Å². The molecule has 0 fully saturated rings. The van der Waals surface area contributed by atoms with Crippen molar-refractivity contribution in [2.24, 2.45) is 0 Å². The molecule has 1 aromatic heterocycles. The molecule has 0 bridgehead atoms. The molecule has 3 nitrogen and oxygen atoms in total. The topological polar surface area (TPSA) is 28.2 Å². The Balaban J connectivity index is 2.80. The van der Waals surface area contributed by atoms with Gasteiger partial charge in [-0.15, -0.1) is 11.3 Å². The molecule has 92 valence electrons. The van der Waals surface area contributed by atoms with E-state index in [1.165, 1.54) is 4.88 Å². The molecule has 1 N–H and O–H groups in total. The second-order valence-electron chi connectivity index (χ2n) is 4.15. The molecule has 0 aliphatic heterocycles. The van der Waals surface area contributed by atoms with Gasteiger partial charge in [0.25, 0.3) is 0 Å². The number of hydrogen-bond donors (Lipinski definition) is 1. The minimum atomic E-state index is 0.409. The summed E-state index contributed by atoms with van der Waals surface area (Å²) in [6, 6.07) is 0.409. The van der Waals surface area contributed by atoms with Crippen LogP contribution in [0.5, 0.6) is 0 Å². The first-order valence-corrected chi connectivity index (χ1v) is 6.83. The van der Waals surface area contributed by atoms with Crippen LogP contribution in [0, 0.1) is 6.92 Å². The van der Waals surface area contributed by atoms with Gasteiger partial charge in [0.1, 0.15) is 0 Å². The summed E-state index contributed by atoms with van der Waals surface area (Å²) in [5, 5.41) is 4.58. The Morgan fingerprint density at radius 1 is 1.44 bits per heavy atom. The highest BCUT2D eigenvalue weighted by molar-refractivity contribution is 7.15. The van der Waals surface area contributed by atoms with Crippen LogP contribution in [0.1, 0.15) is 43.8 Å². The van der Waals surface area contributed by atoms with Crippen molar-refractivity contribution in [3.63, 3.8) is 0 Å². The lowest BCUT2D eigenvalue weighted by molar-refractivity contribution is 0.603. The van der Waals surface area contributed by atoms with Crippen LogP contribution in [0.25, 0.3) is 0 Å². The van der Waals surface area contributed by atoms with E-state index in [1.54, 1.807) is 0 Å². The maximum absolute atomic E-state index is 4.64. The van der Waals surface area contributed by atoms with Gasteiger partial charge in [-0.2, -0.15) is 0 Å². The van der Waals surface area contributed by atoms with Gasteiger partial charge < -0.3 is 10.2 Å². The fourth-order valence-corrected chi connectivity index (χ4v) is 2.87. The van der Waals surface area contributed by atoms with Gasteiger partial charge in [-0.1, -0.05) is 13.8 Å². The van der Waals surface area contributed by atoms with Crippen LogP contribution in [-0.4, -0.2) is 25.1 Å². The molecule has 16 heavy (non-hydrogen) atoms. The molecule has 0 saturated heterocycles. The van der Waals surface area contributed by atoms with Crippen LogP contribution < -0.4 is 10.2 Å². The lowest BCUT2D eigenvalue weighted by atomic mass is 10.2. The molecular formula is C12H23N3S. The second kappa shape index (κ2) is 6.21. The van der Waals surface area contributed by atoms with E-state index < -0.39 is 0 Å². The number of hydrogen-bond acceptors (Lipinski definition) is 4. The Labute approximate surface area is 103 Å². The third-order valence-electron chi connectivity index (χ3n) is 2.61. The summed E-state index contributed by atoms with van der Waals surface area (Å²) >= 11 is 1.81. The number of rotatable bonds is 6. The van der Waals surface area contributed by atoms with E-state index in [9.17, 15) is 0 Å². The van der Waals surface area contributed by atoms with E-state index >= 15 is 0 Å². The van der Waals surface area contributed by atoms with Crippen molar-refractivity contribution in [2.75, 3.05) is 25.0 Å². The molecular weight excluding hydrogens is 218 g/mol. The number of nitrogens with zero attached hydrogens (tertiary/aromatic N) is 2. The standard InChI is InChI=1S/C12H23N3S/c1-6-8-15(5)12-14-10(4)11(16-12)9(3)13-7-2/h9,13H,6-8H2,1-5H3. The first kappa shape index (κ1) is 13.5. The average Bonchev–Trinajstić information content (AvgIpc) is 2.61. The summed E-state index contributed by atoms with van der Waals surface area (Å²) in [5.41, 5.74) is 1.16. The van der Waals surface area contributed by atoms with Gasteiger partial charge in [0.15, 0.2) is 5.13 Å². The highest BCUT2D eigenvalue weighted by atomic mass is 32.1. The number of aromatic nitrogens is 1. The SMILES string of the molecule is CCCN(C)c1nc(C)c(C(C)NCC)s1. The molecule has 0 aromatic carbocycles. The van der Waals surface area contributed by atoms with Crippen LogP contribution in [0.4, 0.5) is 5.13 Å². The van der Waals surface area contributed by atoms with Gasteiger partial charge in [0, 0.05) is 24.5 Å². The summed E-state index contributed by atoms with van der Waals surface area (Å²) in [5.74, 6) is 0. The zero-order valence-electron chi connectivity index (χ0n) is 11.0. The number of aryl methyl sites for hydroxylation is 1. The summed E-state index contributed by atoms with van der Waals surface area (Å²) in [4.78, 5) is 8.23. The summed E-state index contributed by atoms with van der Waals surface area (Å²) < 4.78 is 0. The highest BCUT2D eigenvalue weighted by Crippen LogP contribution is 2.30. The number of thiazole rings is 1. The van der Waals surface area contributed by atoms with Gasteiger partial charge >= 0.3 is 0 Å². The largest absolute Gasteiger partial charge is 0.351 e. The summed E-state index contributed by atoms with van der Waals surface area (Å²) in [6.45, 7) is 10.7. The third-order valence-corrected chi connectivity index (χ3v) is 4.06. The molecule has 0 aliphatic rings. The van der Waals surface area contributed by atoms with Crippen LogP contribution in [0.3, 0.4) is 0 Å². The molecule has 0 amide bonds. The van der Waals surface area contributed by atoms with Crippen LogP contribution in [-0.2, 0) is 0 Å². The molecule has 0 radical (unpaired) electrons. The maximum atomic E-state index is 4.64. The van der Waals surface area contributed by atoms with Gasteiger partial charge in [0.2, 0.25) is 0 Å². The third kappa shape index (κ3) is 3.19. The lowest BCUT2D eigenvalue weighted by Gasteiger charge is -2.14. The molecule has 1 rings (SSSR count). The monoisotopic (exact) mass is 241 g/mol. The lowest BCUT2D eigenvalue weighted by Crippen LogP contribution is -2.17. The van der Waals surface area contributed by atoms with Crippen molar-refractivity contribution in [3.8, 4) is 0 Å². The Kier molecular flexibility index (Phi) is 5.22. The van der Waals surface area contributed by atoms with Crippen molar-refractivity contribution >= 4 is 16.5 Å². The molecule has 1 aromatic rings. The number of nitrogens with one attached hydrogen (secondary N) is 1. The second-order valence-corrected chi connectivity index (χ2v) is 5.16. The molecule has 1 unspecified atom stereocenters. The van der Waals surface area contributed by atoms with Crippen LogP contribution in [0.15, 0.2) is 0 Å². The van der Waals surface area contributed by atoms with Crippen molar-refractivity contribution in [2.45, 2.75) is 40.2 Å². The van der Waals surface area contributed by atoms with E-state index in [0.717, 1.165) is 30.3 Å². The highest BCUT2D eigenvalue weighted by Gasteiger charge is 2.15. The minimum absolute atomic E-state index is 0.409. The van der Waals surface area contributed by atoms with Crippen LogP contribution >= 0.6 is 11.3 Å². The Hall–Kier alpha value is -0.610. The van der Waals surface area contributed by atoms with E-state index in [2.05, 4.69) is 49.9 Å². The van der Waals surface area contributed by atoms with E-state index in [4.69, 9.17) is 0 Å². The first-order chi connectivity index (χ1) is 7.60. The quantitative estimate of drug-likeness (QED) is 0.830.